The minimum absolute atomic E-state index is 0.0755. The Kier molecular flexibility index (Phi) is 13.6. The van der Waals surface area contributed by atoms with Gasteiger partial charge >= 0.3 is 0 Å². The summed E-state index contributed by atoms with van der Waals surface area (Å²) in [6, 6.07) is 2.48. The van der Waals surface area contributed by atoms with E-state index < -0.39 is 33.0 Å². The Bertz CT molecular complexity index is 1290. The Morgan fingerprint density at radius 2 is 1.67 bits per heavy atom. The van der Waals surface area contributed by atoms with E-state index in [1.165, 1.54) is 16.6 Å². The van der Waals surface area contributed by atoms with E-state index in [0.29, 0.717) is 13.1 Å². The van der Waals surface area contributed by atoms with E-state index in [2.05, 4.69) is 43.0 Å². The summed E-state index contributed by atoms with van der Waals surface area (Å²) in [6.45, 7) is 19.3. The summed E-state index contributed by atoms with van der Waals surface area (Å²) in [7, 11) is 0.426. The van der Waals surface area contributed by atoms with Crippen molar-refractivity contribution in [2.45, 2.75) is 91.9 Å². The molecule has 244 valence electrons. The molecular weight excluding hydrogens is 578 g/mol. The maximum atomic E-state index is 15.0. The van der Waals surface area contributed by atoms with Crippen molar-refractivity contribution in [3.8, 4) is 6.07 Å². The molecule has 0 saturated carbocycles. The van der Waals surface area contributed by atoms with Crippen molar-refractivity contribution in [2.75, 3.05) is 44.5 Å². The maximum absolute atomic E-state index is 15.0. The second-order valence-electron chi connectivity index (χ2n) is 13.8. The molecule has 0 spiro atoms. The molecular formula is C31H50F2N4O5S. The Hall–Kier alpha value is -2.75. The predicted octanol–water partition coefficient (Wildman–Crippen LogP) is 7.05. The van der Waals surface area contributed by atoms with Crippen molar-refractivity contribution >= 4 is 39.7 Å². The summed E-state index contributed by atoms with van der Waals surface area (Å²) in [6.07, 6.45) is 6.39. The standard InChI is InChI=1S/C20H26F2N4O2.C11H24O3S/c1-19(2,3)9-14(27)25(11-28-7)18-24-16-13(21)8-12(10-23)15(22)17(16)26(18)20(4,5)6;1-11(2,3)15(4,5)14-9-7-6-8-13-10-12/h8H,9,11H2,1-7H3;10H,6-9H2,1-5H3. The first-order chi connectivity index (χ1) is 19.6. The molecule has 0 aliphatic rings. The Balaban J connectivity index is 0.000000523. The highest BCUT2D eigenvalue weighted by Gasteiger charge is 2.33. The number of imidazole rings is 1. The molecule has 43 heavy (non-hydrogen) atoms. The second kappa shape index (κ2) is 15.3. The number of nitriles is 1. The fourth-order valence-electron chi connectivity index (χ4n) is 3.76. The number of amides is 1. The van der Waals surface area contributed by atoms with Crippen LogP contribution in [0.3, 0.4) is 0 Å². The third-order valence-electron chi connectivity index (χ3n) is 6.65. The summed E-state index contributed by atoms with van der Waals surface area (Å²) in [5.41, 5.74) is -1.85. The van der Waals surface area contributed by atoms with Crippen LogP contribution in [0.4, 0.5) is 14.7 Å². The number of benzene rings is 1. The molecule has 0 unspecified atom stereocenters. The third kappa shape index (κ3) is 10.7. The van der Waals surface area contributed by atoms with Crippen molar-refractivity contribution in [2.24, 2.45) is 5.41 Å². The molecule has 1 aromatic carbocycles. The monoisotopic (exact) mass is 628 g/mol. The van der Waals surface area contributed by atoms with Crippen LogP contribution in [0.15, 0.2) is 6.07 Å². The van der Waals surface area contributed by atoms with Gasteiger partial charge in [-0.1, -0.05) is 41.5 Å². The number of rotatable bonds is 11. The summed E-state index contributed by atoms with van der Waals surface area (Å²) in [4.78, 5) is 28.4. The van der Waals surface area contributed by atoms with Gasteiger partial charge in [0, 0.05) is 23.8 Å². The van der Waals surface area contributed by atoms with Crippen LogP contribution < -0.4 is 4.90 Å². The zero-order valence-electron chi connectivity index (χ0n) is 27.9. The molecule has 0 aliphatic heterocycles. The summed E-state index contributed by atoms with van der Waals surface area (Å²) < 4.78 is 46.9. The first-order valence-electron chi connectivity index (χ1n) is 14.2. The summed E-state index contributed by atoms with van der Waals surface area (Å²) in [5.74, 6) is -1.89. The number of hydrogen-bond acceptors (Lipinski definition) is 7. The first kappa shape index (κ1) is 38.3. The van der Waals surface area contributed by atoms with E-state index >= 15 is 0 Å². The zero-order valence-corrected chi connectivity index (χ0v) is 28.7. The van der Waals surface area contributed by atoms with E-state index in [0.717, 1.165) is 25.5 Å². The third-order valence-corrected chi connectivity index (χ3v) is 10.4. The number of ether oxygens (including phenoxy) is 2. The molecule has 2 aromatic rings. The highest BCUT2D eigenvalue weighted by molar-refractivity contribution is 8.29. The molecule has 0 fully saturated rings. The molecule has 1 heterocycles. The number of halogens is 2. The van der Waals surface area contributed by atoms with E-state index in [9.17, 15) is 18.4 Å². The quantitative estimate of drug-likeness (QED) is 0.149. The molecule has 0 N–H and O–H groups in total. The van der Waals surface area contributed by atoms with E-state index in [1.54, 1.807) is 26.8 Å². The van der Waals surface area contributed by atoms with Gasteiger partial charge in [-0.15, -0.1) is 10.3 Å². The van der Waals surface area contributed by atoms with Gasteiger partial charge in [0.25, 0.3) is 6.47 Å². The molecule has 0 radical (unpaired) electrons. The number of unbranched alkanes of at least 4 members (excludes halogenated alkanes) is 1. The van der Waals surface area contributed by atoms with Crippen molar-refractivity contribution in [1.29, 1.82) is 5.26 Å². The number of carbonyl (C=O) groups excluding carboxylic acids is 2. The zero-order chi connectivity index (χ0) is 33.4. The topological polar surface area (TPSA) is 107 Å². The number of nitrogens with zero attached hydrogens (tertiary/aromatic N) is 4. The predicted molar refractivity (Wildman–Crippen MR) is 169 cm³/mol. The van der Waals surface area contributed by atoms with E-state index in [1.807, 2.05) is 20.8 Å². The van der Waals surface area contributed by atoms with E-state index in [-0.39, 0.29) is 46.2 Å². The molecule has 0 saturated heterocycles. The largest absolute Gasteiger partial charge is 0.468 e. The second-order valence-corrected chi connectivity index (χ2v) is 17.7. The molecule has 1 amide bonds. The van der Waals surface area contributed by atoms with Gasteiger partial charge in [-0.2, -0.15) is 5.26 Å². The molecule has 12 heteroatoms. The molecule has 2 rings (SSSR count). The SMILES string of the molecule is CC(C)(C)S(C)(C)OCCCCOC=O.COCN(C(=O)CC(C)(C)C)c1nc2c(F)cc(C#N)c(F)c2n1C(C)(C)C. The molecule has 0 aliphatic carbocycles. The molecule has 1 aromatic heterocycles. The maximum Gasteiger partial charge on any atom is 0.293 e. The normalized spacial score (nSPS) is 12.8. The number of anilines is 1. The highest BCUT2D eigenvalue weighted by atomic mass is 32.3. The number of methoxy groups -OCH3 is 1. The van der Waals surface area contributed by atoms with Crippen LogP contribution in [0.2, 0.25) is 0 Å². The fourth-order valence-corrected chi connectivity index (χ4v) is 4.65. The van der Waals surface area contributed by atoms with Gasteiger partial charge < -0.3 is 18.2 Å². The summed E-state index contributed by atoms with van der Waals surface area (Å²) >= 11 is 0. The molecule has 0 atom stereocenters. The van der Waals surface area contributed by atoms with Crippen molar-refractivity contribution < 1.29 is 32.0 Å². The average Bonchev–Trinajstić information content (AvgIpc) is 3.27. The van der Waals surface area contributed by atoms with Crippen LogP contribution in [0.1, 0.15) is 87.1 Å². The van der Waals surface area contributed by atoms with Crippen molar-refractivity contribution in [1.82, 2.24) is 9.55 Å². The van der Waals surface area contributed by atoms with Crippen LogP contribution in [0, 0.1) is 28.4 Å². The van der Waals surface area contributed by atoms with Crippen molar-refractivity contribution in [3.05, 3.63) is 23.3 Å². The first-order valence-corrected chi connectivity index (χ1v) is 16.5. The minimum Gasteiger partial charge on any atom is -0.468 e. The highest BCUT2D eigenvalue weighted by Crippen LogP contribution is 2.53. The molecule has 9 nitrogen and oxygen atoms in total. The van der Waals surface area contributed by atoms with E-state index in [4.69, 9.17) is 14.2 Å². The van der Waals surface area contributed by atoms with Gasteiger partial charge in [-0.25, -0.2) is 13.8 Å². The summed E-state index contributed by atoms with van der Waals surface area (Å²) in [5, 5.41) is 9.14. The number of aromatic nitrogens is 2. The van der Waals surface area contributed by atoms with Gasteiger partial charge in [-0.05, 0) is 57.6 Å². The fraction of sp³-hybridized carbons (Fsp3) is 0.677. The van der Waals surface area contributed by atoms with Gasteiger partial charge in [0.2, 0.25) is 11.9 Å². The number of hydrogen-bond donors (Lipinski definition) is 0. The Morgan fingerprint density at radius 1 is 1.09 bits per heavy atom. The van der Waals surface area contributed by atoms with Gasteiger partial charge in [-0.3, -0.25) is 14.5 Å². The van der Waals surface area contributed by atoms with Gasteiger partial charge in [0.1, 0.15) is 23.8 Å². The lowest BCUT2D eigenvalue weighted by Crippen LogP contribution is -2.39. The number of fused-ring (bicyclic) bond motifs is 1. The lowest BCUT2D eigenvalue weighted by Gasteiger charge is -2.43. The Morgan fingerprint density at radius 3 is 2.14 bits per heavy atom. The Labute approximate surface area is 257 Å². The minimum atomic E-state index is -1.00. The molecule has 0 bridgehead atoms. The van der Waals surface area contributed by atoms with Crippen LogP contribution in [0.5, 0.6) is 0 Å². The van der Waals surface area contributed by atoms with Crippen LogP contribution in [0.25, 0.3) is 11.0 Å². The van der Waals surface area contributed by atoms with Crippen LogP contribution in [-0.4, -0.2) is 66.2 Å². The number of carbonyl (C=O) groups is 2. The van der Waals surface area contributed by atoms with Crippen LogP contribution in [-0.2, 0) is 28.8 Å². The van der Waals surface area contributed by atoms with Gasteiger partial charge in [0.15, 0.2) is 11.6 Å². The smallest absolute Gasteiger partial charge is 0.293 e. The average molecular weight is 629 g/mol. The van der Waals surface area contributed by atoms with Crippen LogP contribution >= 0.6 is 10.3 Å². The van der Waals surface area contributed by atoms with Gasteiger partial charge in [0.05, 0.1) is 18.8 Å². The lowest BCUT2D eigenvalue weighted by molar-refractivity contribution is -0.128. The lowest BCUT2D eigenvalue weighted by atomic mass is 9.92. The van der Waals surface area contributed by atoms with Crippen molar-refractivity contribution in [3.63, 3.8) is 0 Å².